The number of sulfonamides is 1. The minimum Gasteiger partial charge on any atom is -0.355 e. The average molecular weight is 387 g/mol. The molecule has 8 heteroatoms. The molecule has 24 heavy (non-hydrogen) atoms. The summed E-state index contributed by atoms with van der Waals surface area (Å²) in [7, 11) is -3.98. The van der Waals surface area contributed by atoms with E-state index >= 15 is 0 Å². The predicted molar refractivity (Wildman–Crippen MR) is 96.1 cm³/mol. The summed E-state index contributed by atoms with van der Waals surface area (Å²) >= 11 is 12.2. The lowest BCUT2D eigenvalue weighted by molar-refractivity contribution is -0.119. The molecule has 0 aliphatic carbocycles. The van der Waals surface area contributed by atoms with E-state index in [0.29, 0.717) is 6.54 Å². The van der Waals surface area contributed by atoms with Gasteiger partial charge in [0, 0.05) is 6.54 Å². The van der Waals surface area contributed by atoms with Crippen LogP contribution in [0.15, 0.2) is 53.4 Å². The minimum atomic E-state index is -3.98. The summed E-state index contributed by atoms with van der Waals surface area (Å²) in [6.07, 6.45) is 0. The highest BCUT2D eigenvalue weighted by atomic mass is 35.5. The first-order chi connectivity index (χ1) is 11.4. The molecule has 0 atom stereocenters. The van der Waals surface area contributed by atoms with Crippen molar-refractivity contribution in [2.45, 2.75) is 11.8 Å². The zero-order valence-electron chi connectivity index (χ0n) is 12.9. The van der Waals surface area contributed by atoms with Crippen molar-refractivity contribution in [3.63, 3.8) is 0 Å². The number of anilines is 1. The van der Waals surface area contributed by atoms with Crippen LogP contribution in [0.25, 0.3) is 0 Å². The van der Waals surface area contributed by atoms with Gasteiger partial charge in [-0.1, -0.05) is 47.5 Å². The van der Waals surface area contributed by atoms with E-state index in [4.69, 9.17) is 23.2 Å². The smallest absolute Gasteiger partial charge is 0.264 e. The maximum atomic E-state index is 13.0. The molecule has 1 amide bonds. The number of carbonyl (C=O) groups excluding carboxylic acids is 1. The zero-order chi connectivity index (χ0) is 17.7. The van der Waals surface area contributed by atoms with Gasteiger partial charge in [-0.3, -0.25) is 9.10 Å². The van der Waals surface area contributed by atoms with Crippen LogP contribution in [0.2, 0.25) is 10.0 Å². The Morgan fingerprint density at radius 2 is 1.75 bits per heavy atom. The largest absolute Gasteiger partial charge is 0.355 e. The molecular formula is C16H16Cl2N2O3S. The van der Waals surface area contributed by atoms with Crippen LogP contribution in [0, 0.1) is 0 Å². The number of carbonyl (C=O) groups is 1. The van der Waals surface area contributed by atoms with Crippen molar-refractivity contribution in [3.8, 4) is 0 Å². The molecule has 0 heterocycles. The van der Waals surface area contributed by atoms with Gasteiger partial charge in [0.1, 0.15) is 6.54 Å². The Morgan fingerprint density at radius 1 is 1.08 bits per heavy atom. The van der Waals surface area contributed by atoms with E-state index < -0.39 is 22.5 Å². The van der Waals surface area contributed by atoms with E-state index in [9.17, 15) is 13.2 Å². The first-order valence-electron chi connectivity index (χ1n) is 7.16. The van der Waals surface area contributed by atoms with Gasteiger partial charge >= 0.3 is 0 Å². The molecule has 0 radical (unpaired) electrons. The highest BCUT2D eigenvalue weighted by Gasteiger charge is 2.29. The summed E-state index contributed by atoms with van der Waals surface area (Å²) in [5.74, 6) is -0.437. The second-order valence-electron chi connectivity index (χ2n) is 4.85. The van der Waals surface area contributed by atoms with Crippen LogP contribution in [0.5, 0.6) is 0 Å². The summed E-state index contributed by atoms with van der Waals surface area (Å²) in [6, 6.07) is 12.5. The third-order valence-corrected chi connectivity index (χ3v) is 5.78. The number of hydrogen-bond donors (Lipinski definition) is 1. The lowest BCUT2D eigenvalue weighted by Gasteiger charge is -2.25. The molecule has 0 aliphatic heterocycles. The van der Waals surface area contributed by atoms with Gasteiger partial charge in [0.05, 0.1) is 20.6 Å². The second kappa shape index (κ2) is 7.88. The van der Waals surface area contributed by atoms with Crippen LogP contribution in [-0.4, -0.2) is 27.4 Å². The molecule has 2 aromatic carbocycles. The number of nitrogens with zero attached hydrogens (tertiary/aromatic N) is 1. The van der Waals surface area contributed by atoms with Crippen molar-refractivity contribution >= 4 is 44.8 Å². The fraction of sp³-hybridized carbons (Fsp3) is 0.188. The van der Waals surface area contributed by atoms with Crippen LogP contribution in [0.4, 0.5) is 5.69 Å². The number of hydrogen-bond acceptors (Lipinski definition) is 3. The summed E-state index contributed by atoms with van der Waals surface area (Å²) in [5, 5.41) is 2.86. The van der Waals surface area contributed by atoms with Crippen molar-refractivity contribution in [1.29, 1.82) is 0 Å². The summed E-state index contributed by atoms with van der Waals surface area (Å²) in [5.41, 5.74) is 0.152. The van der Waals surface area contributed by atoms with Gasteiger partial charge in [-0.05, 0) is 31.2 Å². The molecule has 2 aromatic rings. The predicted octanol–water partition coefficient (Wildman–Crippen LogP) is 3.32. The van der Waals surface area contributed by atoms with Gasteiger partial charge in [-0.2, -0.15) is 0 Å². The maximum absolute atomic E-state index is 13.0. The van der Waals surface area contributed by atoms with Crippen molar-refractivity contribution < 1.29 is 13.2 Å². The van der Waals surface area contributed by atoms with Crippen molar-refractivity contribution in [3.05, 3.63) is 58.6 Å². The summed E-state index contributed by atoms with van der Waals surface area (Å²) in [6.45, 7) is 1.74. The molecule has 0 fully saturated rings. The molecule has 0 unspecified atom stereocenters. The number of halogens is 2. The lowest BCUT2D eigenvalue weighted by atomic mass is 10.3. The molecule has 128 valence electrons. The second-order valence-corrected chi connectivity index (χ2v) is 7.50. The minimum absolute atomic E-state index is 0.0605. The van der Waals surface area contributed by atoms with Crippen LogP contribution in [0.3, 0.4) is 0 Å². The standard InChI is InChI=1S/C16H16Cl2N2O3S/c1-2-19-15(21)11-20(14-10-6-9-13(17)16(14)18)24(22,23)12-7-4-3-5-8-12/h3-10H,2,11H2,1H3,(H,19,21). The van der Waals surface area contributed by atoms with E-state index in [0.717, 1.165) is 4.31 Å². The highest BCUT2D eigenvalue weighted by Crippen LogP contribution is 2.35. The van der Waals surface area contributed by atoms with Crippen molar-refractivity contribution in [2.24, 2.45) is 0 Å². The molecule has 0 bridgehead atoms. The highest BCUT2D eigenvalue weighted by molar-refractivity contribution is 7.92. The van der Waals surface area contributed by atoms with Crippen molar-refractivity contribution in [1.82, 2.24) is 5.32 Å². The van der Waals surface area contributed by atoms with Gasteiger partial charge in [-0.15, -0.1) is 0 Å². The van der Waals surface area contributed by atoms with Gasteiger partial charge in [0.2, 0.25) is 5.91 Å². The molecule has 0 aliphatic rings. The Bertz CT molecular complexity index is 826. The normalized spacial score (nSPS) is 11.1. The Labute approximate surface area is 151 Å². The van der Waals surface area contributed by atoms with Gasteiger partial charge in [0.25, 0.3) is 10.0 Å². The molecule has 0 saturated heterocycles. The maximum Gasteiger partial charge on any atom is 0.264 e. The van der Waals surface area contributed by atoms with Crippen LogP contribution in [-0.2, 0) is 14.8 Å². The van der Waals surface area contributed by atoms with Crippen LogP contribution < -0.4 is 9.62 Å². The lowest BCUT2D eigenvalue weighted by Crippen LogP contribution is -2.41. The van der Waals surface area contributed by atoms with Gasteiger partial charge in [-0.25, -0.2) is 8.42 Å². The number of likely N-dealkylation sites (N-methyl/N-ethyl adjacent to an activating group) is 1. The molecule has 0 spiro atoms. The Morgan fingerprint density at radius 3 is 2.38 bits per heavy atom. The molecule has 2 rings (SSSR count). The molecule has 0 saturated carbocycles. The van der Waals surface area contributed by atoms with E-state index in [1.165, 1.54) is 18.2 Å². The van der Waals surface area contributed by atoms with E-state index in [1.807, 2.05) is 0 Å². The Balaban J connectivity index is 2.55. The van der Waals surface area contributed by atoms with E-state index in [-0.39, 0.29) is 20.6 Å². The molecule has 0 aromatic heterocycles. The third-order valence-electron chi connectivity index (χ3n) is 3.19. The van der Waals surface area contributed by atoms with Crippen LogP contribution >= 0.6 is 23.2 Å². The number of amides is 1. The Hall–Kier alpha value is -1.76. The van der Waals surface area contributed by atoms with E-state index in [1.54, 1.807) is 37.3 Å². The first-order valence-corrected chi connectivity index (χ1v) is 9.36. The quantitative estimate of drug-likeness (QED) is 0.827. The van der Waals surface area contributed by atoms with Gasteiger partial charge < -0.3 is 5.32 Å². The molecular weight excluding hydrogens is 371 g/mol. The van der Waals surface area contributed by atoms with Gasteiger partial charge in [0.15, 0.2) is 0 Å². The summed E-state index contributed by atoms with van der Waals surface area (Å²) < 4.78 is 26.9. The monoisotopic (exact) mass is 386 g/mol. The fourth-order valence-electron chi connectivity index (χ4n) is 2.09. The van der Waals surface area contributed by atoms with E-state index in [2.05, 4.69) is 5.32 Å². The SMILES string of the molecule is CCNC(=O)CN(c1cccc(Cl)c1Cl)S(=O)(=O)c1ccccc1. The molecule has 5 nitrogen and oxygen atoms in total. The Kier molecular flexibility index (Phi) is 6.10. The number of benzene rings is 2. The fourth-order valence-corrected chi connectivity index (χ4v) is 3.99. The molecule has 1 N–H and O–H groups in total. The number of nitrogens with one attached hydrogen (secondary N) is 1. The first kappa shape index (κ1) is 18.6. The third kappa shape index (κ3) is 4.01. The number of rotatable bonds is 6. The zero-order valence-corrected chi connectivity index (χ0v) is 15.2. The average Bonchev–Trinajstić information content (AvgIpc) is 2.56. The van der Waals surface area contributed by atoms with Crippen molar-refractivity contribution in [2.75, 3.05) is 17.4 Å². The summed E-state index contributed by atoms with van der Waals surface area (Å²) in [4.78, 5) is 12.1. The topological polar surface area (TPSA) is 66.5 Å². The van der Waals surface area contributed by atoms with Crippen LogP contribution in [0.1, 0.15) is 6.92 Å².